The molecule has 3 N–H and O–H groups in total. The van der Waals surface area contributed by atoms with E-state index in [-0.39, 0.29) is 30.9 Å². The number of hydrogen-bond acceptors (Lipinski definition) is 3. The van der Waals surface area contributed by atoms with Gasteiger partial charge in [0.1, 0.15) is 0 Å². The maximum Gasteiger partial charge on any atom is 0.234 e. The Balaban J connectivity index is 0.00000112. The molecule has 1 saturated carbocycles. The summed E-state index contributed by atoms with van der Waals surface area (Å²) in [5.41, 5.74) is 5.29. The maximum atomic E-state index is 11.2. The Morgan fingerprint density at radius 2 is 2.40 bits per heavy atom. The van der Waals surface area contributed by atoms with Crippen LogP contribution in [0.15, 0.2) is 17.5 Å². The van der Waals surface area contributed by atoms with Gasteiger partial charge < -0.3 is 11.1 Å². The van der Waals surface area contributed by atoms with Gasteiger partial charge in [-0.15, -0.1) is 23.7 Å². The summed E-state index contributed by atoms with van der Waals surface area (Å²) < 4.78 is 0. The quantitative estimate of drug-likeness (QED) is 0.850. The van der Waals surface area contributed by atoms with Crippen LogP contribution in [-0.4, -0.2) is 12.5 Å². The minimum Gasteiger partial charge on any atom is -0.347 e. The van der Waals surface area contributed by atoms with Crippen LogP contribution >= 0.6 is 23.7 Å². The number of hydrogen-bond donors (Lipinski definition) is 2. The lowest BCUT2D eigenvalue weighted by Gasteiger charge is -2.15. The van der Waals surface area contributed by atoms with Gasteiger partial charge in [-0.25, -0.2) is 0 Å². The average Bonchev–Trinajstić information content (AvgIpc) is 2.89. The van der Waals surface area contributed by atoms with Gasteiger partial charge in [-0.3, -0.25) is 4.79 Å². The van der Waals surface area contributed by atoms with E-state index in [1.807, 2.05) is 11.4 Å². The number of amides is 1. The van der Waals surface area contributed by atoms with Crippen molar-refractivity contribution in [2.45, 2.75) is 18.9 Å². The molecule has 2 rings (SSSR count). The van der Waals surface area contributed by atoms with Crippen molar-refractivity contribution >= 4 is 29.7 Å². The second kappa shape index (κ2) is 5.49. The first-order chi connectivity index (χ1) is 6.81. The Morgan fingerprint density at radius 3 is 2.87 bits per heavy atom. The van der Waals surface area contributed by atoms with E-state index in [2.05, 4.69) is 11.4 Å². The molecule has 1 unspecified atom stereocenters. The molecule has 0 aliphatic heterocycles. The van der Waals surface area contributed by atoms with Crippen molar-refractivity contribution in [3.63, 3.8) is 0 Å². The van der Waals surface area contributed by atoms with E-state index >= 15 is 0 Å². The third-order valence-corrected chi connectivity index (χ3v) is 3.40. The zero-order chi connectivity index (χ0) is 9.97. The molecule has 1 fully saturated rings. The Kier molecular flexibility index (Phi) is 4.57. The first kappa shape index (κ1) is 12.5. The average molecular weight is 247 g/mol. The molecule has 0 spiro atoms. The molecule has 3 nitrogen and oxygen atoms in total. The van der Waals surface area contributed by atoms with Gasteiger partial charge in [-0.2, -0.15) is 0 Å². The summed E-state index contributed by atoms with van der Waals surface area (Å²) in [4.78, 5) is 12.5. The number of rotatable bonds is 4. The van der Waals surface area contributed by atoms with Crippen molar-refractivity contribution in [1.82, 2.24) is 5.32 Å². The molecular formula is C10H15ClN2OS. The molecular weight excluding hydrogens is 232 g/mol. The first-order valence-electron chi connectivity index (χ1n) is 4.84. The van der Waals surface area contributed by atoms with Crippen LogP contribution in [0.1, 0.15) is 23.8 Å². The molecule has 5 heteroatoms. The number of nitrogens with one attached hydrogen (secondary N) is 1. The largest absolute Gasteiger partial charge is 0.347 e. The van der Waals surface area contributed by atoms with Crippen LogP contribution in [0.5, 0.6) is 0 Å². The summed E-state index contributed by atoms with van der Waals surface area (Å²) in [5.74, 6) is 0.569. The standard InChI is InChI=1S/C10H14N2OS.ClH/c11-6-9(13)12-10(7-3-4-7)8-2-1-5-14-8;/h1-2,5,7,10H,3-4,6,11H2,(H,12,13);1H. The second-order valence-corrected chi connectivity index (χ2v) is 4.58. The van der Waals surface area contributed by atoms with E-state index in [0.717, 1.165) is 0 Å². The minimum absolute atomic E-state index is 0. The molecule has 1 atom stereocenters. The lowest BCUT2D eigenvalue weighted by atomic mass is 10.1. The van der Waals surface area contributed by atoms with Gasteiger partial charge in [0, 0.05) is 4.88 Å². The van der Waals surface area contributed by atoms with Gasteiger partial charge in [0.2, 0.25) is 5.91 Å². The molecule has 15 heavy (non-hydrogen) atoms. The molecule has 84 valence electrons. The number of carbonyl (C=O) groups is 1. The Morgan fingerprint density at radius 1 is 1.67 bits per heavy atom. The molecule has 0 bridgehead atoms. The van der Waals surface area contributed by atoms with E-state index < -0.39 is 0 Å². The van der Waals surface area contributed by atoms with E-state index in [9.17, 15) is 4.79 Å². The predicted molar refractivity (Wildman–Crippen MR) is 64.2 cm³/mol. The van der Waals surface area contributed by atoms with Crippen LogP contribution in [0.3, 0.4) is 0 Å². The zero-order valence-corrected chi connectivity index (χ0v) is 9.94. The van der Waals surface area contributed by atoms with Gasteiger partial charge in [0.05, 0.1) is 12.6 Å². The molecule has 1 aliphatic rings. The van der Waals surface area contributed by atoms with Crippen molar-refractivity contribution in [1.29, 1.82) is 0 Å². The van der Waals surface area contributed by atoms with Gasteiger partial charge in [0.15, 0.2) is 0 Å². The van der Waals surface area contributed by atoms with Crippen LogP contribution in [0.4, 0.5) is 0 Å². The monoisotopic (exact) mass is 246 g/mol. The van der Waals surface area contributed by atoms with Gasteiger partial charge in [-0.1, -0.05) is 6.07 Å². The van der Waals surface area contributed by atoms with Gasteiger partial charge >= 0.3 is 0 Å². The third kappa shape index (κ3) is 3.19. The fraction of sp³-hybridized carbons (Fsp3) is 0.500. The first-order valence-corrected chi connectivity index (χ1v) is 5.72. The molecule has 1 aromatic heterocycles. The SMILES string of the molecule is Cl.NCC(=O)NC(c1cccs1)C1CC1. The van der Waals surface area contributed by atoms with Gasteiger partial charge in [-0.05, 0) is 30.2 Å². The Bertz CT molecular complexity index is 311. The fourth-order valence-corrected chi connectivity index (χ4v) is 2.42. The lowest BCUT2D eigenvalue weighted by Crippen LogP contribution is -2.34. The highest BCUT2D eigenvalue weighted by atomic mass is 35.5. The van der Waals surface area contributed by atoms with E-state index in [4.69, 9.17) is 5.73 Å². The topological polar surface area (TPSA) is 55.1 Å². The third-order valence-electron chi connectivity index (χ3n) is 2.45. The normalized spacial score (nSPS) is 16.6. The van der Waals surface area contributed by atoms with E-state index in [1.165, 1.54) is 17.7 Å². The van der Waals surface area contributed by atoms with Gasteiger partial charge in [0.25, 0.3) is 0 Å². The Hall–Kier alpha value is -0.580. The molecule has 0 radical (unpaired) electrons. The smallest absolute Gasteiger partial charge is 0.234 e. The summed E-state index contributed by atoms with van der Waals surface area (Å²) in [6.45, 7) is 0.0780. The molecule has 1 aliphatic carbocycles. The van der Waals surface area contributed by atoms with Crippen molar-refractivity contribution in [2.75, 3.05) is 6.54 Å². The van der Waals surface area contributed by atoms with Crippen molar-refractivity contribution in [2.24, 2.45) is 11.7 Å². The van der Waals surface area contributed by atoms with Crippen molar-refractivity contribution in [3.8, 4) is 0 Å². The maximum absolute atomic E-state index is 11.2. The fourth-order valence-electron chi connectivity index (χ4n) is 1.55. The Labute approximate surface area is 99.5 Å². The van der Waals surface area contributed by atoms with Crippen LogP contribution in [0, 0.1) is 5.92 Å². The highest BCUT2D eigenvalue weighted by Crippen LogP contribution is 2.42. The summed E-state index contributed by atoms with van der Waals surface area (Å²) in [5, 5.41) is 5.02. The summed E-state index contributed by atoms with van der Waals surface area (Å²) in [6, 6.07) is 4.29. The van der Waals surface area contributed by atoms with Crippen LogP contribution < -0.4 is 11.1 Å². The highest BCUT2D eigenvalue weighted by Gasteiger charge is 2.33. The highest BCUT2D eigenvalue weighted by molar-refractivity contribution is 7.10. The van der Waals surface area contributed by atoms with E-state index in [0.29, 0.717) is 5.92 Å². The summed E-state index contributed by atoms with van der Waals surface area (Å²) in [7, 11) is 0. The van der Waals surface area contributed by atoms with Crippen LogP contribution in [-0.2, 0) is 4.79 Å². The molecule has 1 amide bonds. The van der Waals surface area contributed by atoms with Crippen molar-refractivity contribution < 1.29 is 4.79 Å². The zero-order valence-electron chi connectivity index (χ0n) is 8.31. The molecule has 0 saturated heterocycles. The molecule has 1 aromatic rings. The number of carbonyl (C=O) groups excluding carboxylic acids is 1. The number of nitrogens with two attached hydrogens (primary N) is 1. The number of halogens is 1. The molecule has 1 heterocycles. The molecule has 0 aromatic carbocycles. The number of thiophene rings is 1. The van der Waals surface area contributed by atoms with Crippen molar-refractivity contribution in [3.05, 3.63) is 22.4 Å². The van der Waals surface area contributed by atoms with Crippen LogP contribution in [0.2, 0.25) is 0 Å². The predicted octanol–water partition coefficient (Wildman–Crippen LogP) is 1.70. The van der Waals surface area contributed by atoms with E-state index in [1.54, 1.807) is 11.3 Å². The summed E-state index contributed by atoms with van der Waals surface area (Å²) >= 11 is 1.70. The lowest BCUT2D eigenvalue weighted by molar-refractivity contribution is -0.120. The second-order valence-electron chi connectivity index (χ2n) is 3.60. The minimum atomic E-state index is -0.0599. The summed E-state index contributed by atoms with van der Waals surface area (Å²) in [6.07, 6.45) is 2.43. The van der Waals surface area contributed by atoms with Crippen LogP contribution in [0.25, 0.3) is 0 Å².